The Morgan fingerprint density at radius 3 is 2.56 bits per heavy atom. The van der Waals surface area contributed by atoms with Gasteiger partial charge >= 0.3 is 0 Å². The van der Waals surface area contributed by atoms with E-state index in [1.165, 1.54) is 44.5 Å². The van der Waals surface area contributed by atoms with Crippen LogP contribution in [-0.4, -0.2) is 31.1 Å². The van der Waals surface area contributed by atoms with Gasteiger partial charge in [-0.15, -0.1) is 0 Å². The second kappa shape index (κ2) is 7.14. The van der Waals surface area contributed by atoms with E-state index in [2.05, 4.69) is 40.8 Å². The van der Waals surface area contributed by atoms with Crippen LogP contribution in [0.15, 0.2) is 11.3 Å². The lowest BCUT2D eigenvalue weighted by Crippen LogP contribution is -2.18. The lowest BCUT2D eigenvalue weighted by molar-refractivity contribution is 0.383. The zero-order valence-corrected chi connectivity index (χ0v) is 11.3. The average molecular weight is 242 g/mol. The van der Waals surface area contributed by atoms with Crippen LogP contribution >= 0.6 is 0 Å². The van der Waals surface area contributed by atoms with E-state index in [4.69, 9.17) is 0 Å². The molecule has 2 nitrogen and oxygen atoms in total. The van der Waals surface area contributed by atoms with Gasteiger partial charge in [0.25, 0.3) is 0 Å². The molecule has 1 saturated carbocycles. The predicted octanol–water partition coefficient (Wildman–Crippen LogP) is 2.14. The Morgan fingerprint density at radius 1 is 1.17 bits per heavy atom. The molecule has 2 fully saturated rings. The fourth-order valence-corrected chi connectivity index (χ4v) is 2.24. The fraction of sp³-hybridized carbons (Fsp3) is 0.625. The van der Waals surface area contributed by atoms with E-state index in [0.717, 1.165) is 19.5 Å². The van der Waals surface area contributed by atoms with E-state index in [1.54, 1.807) is 5.57 Å². The number of nitrogens with one attached hydrogen (secondary N) is 1. The molecule has 2 heteroatoms. The Labute approximate surface area is 111 Å². The molecule has 1 heterocycles. The number of nitrogens with zero attached hydrogens (tertiary/aromatic N) is 1. The zero-order valence-electron chi connectivity index (χ0n) is 11.3. The van der Waals surface area contributed by atoms with Crippen molar-refractivity contribution >= 4 is 0 Å². The van der Waals surface area contributed by atoms with Crippen molar-refractivity contribution in [3.63, 3.8) is 0 Å². The van der Waals surface area contributed by atoms with E-state index >= 15 is 0 Å². The van der Waals surface area contributed by atoms with Gasteiger partial charge in [-0.1, -0.05) is 24.3 Å². The van der Waals surface area contributed by atoms with Gasteiger partial charge in [-0.05, 0) is 57.0 Å². The van der Waals surface area contributed by atoms with Gasteiger partial charge in [0, 0.05) is 5.70 Å². The van der Waals surface area contributed by atoms with Gasteiger partial charge in [-0.2, -0.15) is 0 Å². The van der Waals surface area contributed by atoms with Gasteiger partial charge in [0.15, 0.2) is 0 Å². The van der Waals surface area contributed by atoms with Crippen LogP contribution in [-0.2, 0) is 0 Å². The molecule has 0 bridgehead atoms. The number of allylic oxidation sites excluding steroid dienone is 2. The maximum absolute atomic E-state index is 3.39. The van der Waals surface area contributed by atoms with Crippen LogP contribution in [0.4, 0.5) is 0 Å². The standard InChI is InChI=1S/C16H22N2/c1-2-16(15-9-10-15)17-11-5-3-4-6-12-18-13-7-8-14-18/h17H,2,7-14H2,1H3. The molecule has 18 heavy (non-hydrogen) atoms. The summed E-state index contributed by atoms with van der Waals surface area (Å²) in [6, 6.07) is 0. The first-order valence-electron chi connectivity index (χ1n) is 7.03. The summed E-state index contributed by atoms with van der Waals surface area (Å²) in [6.07, 6.45) is 6.30. The molecule has 1 aliphatic heterocycles. The highest BCUT2D eigenvalue weighted by atomic mass is 15.1. The lowest BCUT2D eigenvalue weighted by Gasteiger charge is -2.07. The van der Waals surface area contributed by atoms with Crippen molar-refractivity contribution in [3.8, 4) is 23.7 Å². The molecule has 0 unspecified atom stereocenters. The van der Waals surface area contributed by atoms with Crippen molar-refractivity contribution in [1.82, 2.24) is 10.2 Å². The Balaban J connectivity index is 1.63. The van der Waals surface area contributed by atoms with Crippen LogP contribution in [0.25, 0.3) is 0 Å². The second-order valence-electron chi connectivity index (χ2n) is 4.88. The summed E-state index contributed by atoms with van der Waals surface area (Å²) in [6.45, 7) is 6.21. The van der Waals surface area contributed by atoms with Gasteiger partial charge in [-0.25, -0.2) is 0 Å². The average Bonchev–Trinajstić information content (AvgIpc) is 3.09. The molecule has 2 rings (SSSR count). The highest BCUT2D eigenvalue weighted by Crippen LogP contribution is 2.31. The molecule has 1 aliphatic carbocycles. The molecule has 0 aromatic carbocycles. The maximum Gasteiger partial charge on any atom is 0.0773 e. The van der Waals surface area contributed by atoms with E-state index in [-0.39, 0.29) is 0 Å². The van der Waals surface area contributed by atoms with E-state index < -0.39 is 0 Å². The van der Waals surface area contributed by atoms with Crippen molar-refractivity contribution in [1.29, 1.82) is 0 Å². The first-order chi connectivity index (χ1) is 8.90. The molecule has 0 spiro atoms. The molecule has 0 aromatic heterocycles. The third-order valence-electron chi connectivity index (χ3n) is 3.41. The fourth-order valence-electron chi connectivity index (χ4n) is 2.24. The number of hydrogen-bond donors (Lipinski definition) is 1. The topological polar surface area (TPSA) is 15.3 Å². The molecule has 2 aliphatic rings. The lowest BCUT2D eigenvalue weighted by atomic mass is 10.3. The number of likely N-dealkylation sites (tertiary alicyclic amines) is 1. The van der Waals surface area contributed by atoms with Crippen molar-refractivity contribution in [2.45, 2.75) is 39.0 Å². The summed E-state index contributed by atoms with van der Waals surface area (Å²) in [4.78, 5) is 2.39. The van der Waals surface area contributed by atoms with Crippen LogP contribution in [0.2, 0.25) is 0 Å². The normalized spacial score (nSPS) is 17.5. The predicted molar refractivity (Wildman–Crippen MR) is 75.8 cm³/mol. The zero-order chi connectivity index (χ0) is 12.6. The SMILES string of the molecule is CCC(NCC#CC#CCN1CCCC1)=C1CC1. The van der Waals surface area contributed by atoms with Gasteiger partial charge in [0.2, 0.25) is 0 Å². The Hall–Kier alpha value is -1.38. The Bertz CT molecular complexity index is 413. The van der Waals surface area contributed by atoms with Crippen LogP contribution in [0.5, 0.6) is 0 Å². The van der Waals surface area contributed by atoms with Gasteiger partial charge in [-0.3, -0.25) is 4.90 Å². The van der Waals surface area contributed by atoms with E-state index in [1.807, 2.05) is 0 Å². The molecule has 0 amide bonds. The Morgan fingerprint density at radius 2 is 1.89 bits per heavy atom. The molecule has 0 atom stereocenters. The summed E-state index contributed by atoms with van der Waals surface area (Å²) in [5, 5.41) is 3.39. The minimum absolute atomic E-state index is 0.727. The van der Waals surface area contributed by atoms with Crippen molar-refractivity contribution in [2.24, 2.45) is 0 Å². The second-order valence-corrected chi connectivity index (χ2v) is 4.88. The molecular formula is C16H22N2. The van der Waals surface area contributed by atoms with E-state index in [9.17, 15) is 0 Å². The number of hydrogen-bond acceptors (Lipinski definition) is 2. The molecule has 1 N–H and O–H groups in total. The molecule has 0 aromatic rings. The number of rotatable bonds is 4. The Kier molecular flexibility index (Phi) is 5.18. The van der Waals surface area contributed by atoms with E-state index in [0.29, 0.717) is 0 Å². The largest absolute Gasteiger partial charge is 0.377 e. The molecule has 1 saturated heterocycles. The smallest absolute Gasteiger partial charge is 0.0773 e. The summed E-state index contributed by atoms with van der Waals surface area (Å²) in [7, 11) is 0. The summed E-state index contributed by atoms with van der Waals surface area (Å²) in [5.41, 5.74) is 2.98. The van der Waals surface area contributed by atoms with Crippen LogP contribution in [0.3, 0.4) is 0 Å². The van der Waals surface area contributed by atoms with Crippen molar-refractivity contribution in [3.05, 3.63) is 11.3 Å². The summed E-state index contributed by atoms with van der Waals surface area (Å²) >= 11 is 0. The van der Waals surface area contributed by atoms with Crippen molar-refractivity contribution in [2.75, 3.05) is 26.2 Å². The van der Waals surface area contributed by atoms with Gasteiger partial charge in [0.1, 0.15) is 0 Å². The quantitative estimate of drug-likeness (QED) is 0.760. The monoisotopic (exact) mass is 242 g/mol. The molecular weight excluding hydrogens is 220 g/mol. The summed E-state index contributed by atoms with van der Waals surface area (Å²) < 4.78 is 0. The highest BCUT2D eigenvalue weighted by Gasteiger charge is 2.15. The maximum atomic E-state index is 3.39. The third kappa shape index (κ3) is 4.47. The minimum atomic E-state index is 0.727. The highest BCUT2D eigenvalue weighted by molar-refractivity contribution is 5.28. The van der Waals surface area contributed by atoms with Crippen LogP contribution in [0.1, 0.15) is 39.0 Å². The molecule has 96 valence electrons. The van der Waals surface area contributed by atoms with Crippen molar-refractivity contribution < 1.29 is 0 Å². The van der Waals surface area contributed by atoms with Crippen LogP contribution < -0.4 is 5.32 Å². The first kappa shape index (κ1) is 13.1. The van der Waals surface area contributed by atoms with Gasteiger partial charge < -0.3 is 5.32 Å². The third-order valence-corrected chi connectivity index (χ3v) is 3.41. The summed E-state index contributed by atoms with van der Waals surface area (Å²) in [5.74, 6) is 12.1. The van der Waals surface area contributed by atoms with Gasteiger partial charge in [0.05, 0.1) is 13.1 Å². The van der Waals surface area contributed by atoms with Crippen LogP contribution in [0, 0.1) is 23.7 Å². The minimum Gasteiger partial charge on any atom is -0.377 e. The molecule has 0 radical (unpaired) electrons. The first-order valence-corrected chi connectivity index (χ1v) is 7.03.